The summed E-state index contributed by atoms with van der Waals surface area (Å²) in [6, 6.07) is 7.06. The van der Waals surface area contributed by atoms with Crippen molar-refractivity contribution in [3.05, 3.63) is 64.9 Å². The number of hydrogen-bond acceptors (Lipinski definition) is 4. The van der Waals surface area contributed by atoms with Crippen LogP contribution in [0, 0.1) is 6.92 Å². The Morgan fingerprint density at radius 3 is 2.55 bits per heavy atom. The number of benzene rings is 1. The Bertz CT molecular complexity index is 1060. The van der Waals surface area contributed by atoms with Crippen LogP contribution in [0.3, 0.4) is 0 Å². The van der Waals surface area contributed by atoms with Crippen LogP contribution in [0.15, 0.2) is 41.1 Å². The van der Waals surface area contributed by atoms with Gasteiger partial charge in [-0.2, -0.15) is 13.2 Å². The highest BCUT2D eigenvalue weighted by molar-refractivity contribution is 6.04. The van der Waals surface area contributed by atoms with Gasteiger partial charge in [-0.25, -0.2) is 4.98 Å². The maximum Gasteiger partial charge on any atom is 0.450 e. The van der Waals surface area contributed by atoms with Gasteiger partial charge in [-0.1, -0.05) is 18.2 Å². The zero-order chi connectivity index (χ0) is 20.6. The number of anilines is 1. The van der Waals surface area contributed by atoms with E-state index in [2.05, 4.69) is 15.3 Å². The van der Waals surface area contributed by atoms with Crippen molar-refractivity contribution >= 4 is 11.7 Å². The highest BCUT2D eigenvalue weighted by Gasteiger charge is 2.41. The minimum absolute atomic E-state index is 0.0449. The van der Waals surface area contributed by atoms with E-state index in [4.69, 9.17) is 4.42 Å². The van der Waals surface area contributed by atoms with Gasteiger partial charge in [0.2, 0.25) is 5.76 Å². The van der Waals surface area contributed by atoms with Crippen molar-refractivity contribution in [3.63, 3.8) is 0 Å². The van der Waals surface area contributed by atoms with Crippen LogP contribution in [-0.4, -0.2) is 15.9 Å². The highest BCUT2D eigenvalue weighted by atomic mass is 19.4. The molecule has 29 heavy (non-hydrogen) atoms. The van der Waals surface area contributed by atoms with E-state index in [1.165, 1.54) is 12.4 Å². The van der Waals surface area contributed by atoms with Crippen molar-refractivity contribution in [1.82, 2.24) is 9.97 Å². The molecular weight excluding hydrogens is 383 g/mol. The number of fused-ring (bicyclic) bond motifs is 1. The summed E-state index contributed by atoms with van der Waals surface area (Å²) in [5.41, 5.74) is 1.88. The number of furan rings is 1. The maximum atomic E-state index is 13.5. The van der Waals surface area contributed by atoms with E-state index in [0.29, 0.717) is 29.7 Å². The van der Waals surface area contributed by atoms with Crippen LogP contribution >= 0.6 is 0 Å². The van der Waals surface area contributed by atoms with E-state index in [0.717, 1.165) is 18.4 Å². The summed E-state index contributed by atoms with van der Waals surface area (Å²) in [4.78, 5) is 20.6. The number of aromatic nitrogens is 2. The normalized spacial score (nSPS) is 13.8. The molecule has 3 aromatic rings. The highest BCUT2D eigenvalue weighted by Crippen LogP contribution is 2.43. The Hall–Kier alpha value is -3.16. The summed E-state index contributed by atoms with van der Waals surface area (Å²) >= 11 is 0. The fourth-order valence-corrected chi connectivity index (χ4v) is 3.57. The molecule has 1 amide bonds. The molecule has 1 aliphatic carbocycles. The van der Waals surface area contributed by atoms with Crippen molar-refractivity contribution in [2.75, 3.05) is 5.32 Å². The molecule has 0 radical (unpaired) electrons. The molecule has 0 aliphatic heterocycles. The molecule has 1 aromatic carbocycles. The van der Waals surface area contributed by atoms with Crippen LogP contribution in [0.1, 0.15) is 45.8 Å². The summed E-state index contributed by atoms with van der Waals surface area (Å²) in [6.07, 6.45) is 0.470. The standard InChI is InChI=1S/C21H18F3N3O2/c1-12-6-2-3-7-13(12)20(28)27-17-11-25-15(10-26-17)18-14-8-4-5-9-16(14)29-19(18)21(22,23)24/h2-3,6-7,10-11H,4-5,8-9H2,1H3,(H,26,27,28). The second-order valence-corrected chi connectivity index (χ2v) is 6.97. The number of hydrogen-bond donors (Lipinski definition) is 1. The van der Waals surface area contributed by atoms with Crippen LogP contribution in [0.5, 0.6) is 0 Å². The molecule has 4 rings (SSSR count). The lowest BCUT2D eigenvalue weighted by Gasteiger charge is -2.11. The van der Waals surface area contributed by atoms with E-state index in [1.807, 2.05) is 19.1 Å². The number of amides is 1. The summed E-state index contributed by atoms with van der Waals surface area (Å²) < 4.78 is 45.7. The zero-order valence-corrected chi connectivity index (χ0v) is 15.6. The zero-order valence-electron chi connectivity index (χ0n) is 15.6. The third kappa shape index (κ3) is 3.74. The maximum absolute atomic E-state index is 13.5. The van der Waals surface area contributed by atoms with Crippen LogP contribution in [0.4, 0.5) is 19.0 Å². The second kappa shape index (κ2) is 7.35. The lowest BCUT2D eigenvalue weighted by atomic mass is 9.93. The molecule has 1 aliphatic rings. The van der Waals surface area contributed by atoms with E-state index in [-0.39, 0.29) is 23.0 Å². The first-order valence-electron chi connectivity index (χ1n) is 9.25. The predicted octanol–water partition coefficient (Wildman–Crippen LogP) is 5.19. The van der Waals surface area contributed by atoms with E-state index >= 15 is 0 Å². The number of carbonyl (C=O) groups excluding carboxylic acids is 1. The van der Waals surface area contributed by atoms with Gasteiger partial charge in [0.1, 0.15) is 5.76 Å². The average molecular weight is 401 g/mol. The van der Waals surface area contributed by atoms with E-state index in [9.17, 15) is 18.0 Å². The first-order valence-corrected chi connectivity index (χ1v) is 9.25. The third-order valence-corrected chi connectivity index (χ3v) is 4.97. The largest absolute Gasteiger partial charge is 0.455 e. The predicted molar refractivity (Wildman–Crippen MR) is 101 cm³/mol. The van der Waals surface area contributed by atoms with Gasteiger partial charge in [-0.3, -0.25) is 9.78 Å². The van der Waals surface area contributed by atoms with Crippen molar-refractivity contribution in [2.24, 2.45) is 0 Å². The average Bonchev–Trinajstić information content (AvgIpc) is 3.09. The molecule has 150 valence electrons. The van der Waals surface area contributed by atoms with Crippen molar-refractivity contribution in [3.8, 4) is 11.3 Å². The lowest BCUT2D eigenvalue weighted by Crippen LogP contribution is -2.14. The fraction of sp³-hybridized carbons (Fsp3) is 0.286. The van der Waals surface area contributed by atoms with Gasteiger partial charge in [-0.15, -0.1) is 0 Å². The van der Waals surface area contributed by atoms with Crippen LogP contribution in [0.2, 0.25) is 0 Å². The van der Waals surface area contributed by atoms with Gasteiger partial charge in [0, 0.05) is 17.5 Å². The van der Waals surface area contributed by atoms with Crippen LogP contribution < -0.4 is 5.32 Å². The molecule has 0 spiro atoms. The SMILES string of the molecule is Cc1ccccc1C(=O)Nc1cnc(-c2c(C(F)(F)F)oc3c2CCCC3)cn1. The summed E-state index contributed by atoms with van der Waals surface area (Å²) in [7, 11) is 0. The van der Waals surface area contributed by atoms with Crippen LogP contribution in [-0.2, 0) is 19.0 Å². The van der Waals surface area contributed by atoms with Crippen molar-refractivity contribution in [2.45, 2.75) is 38.8 Å². The van der Waals surface area contributed by atoms with Gasteiger partial charge < -0.3 is 9.73 Å². The van der Waals surface area contributed by atoms with Gasteiger partial charge in [0.25, 0.3) is 5.91 Å². The van der Waals surface area contributed by atoms with Gasteiger partial charge in [0.05, 0.1) is 23.7 Å². The molecular formula is C21H18F3N3O2. The van der Waals surface area contributed by atoms with Gasteiger partial charge >= 0.3 is 6.18 Å². The minimum Gasteiger partial charge on any atom is -0.455 e. The number of aryl methyl sites for hydroxylation is 2. The molecule has 1 N–H and O–H groups in total. The Labute approximate surface area is 165 Å². The number of halogens is 3. The molecule has 0 atom stereocenters. The quantitative estimate of drug-likeness (QED) is 0.655. The Balaban J connectivity index is 1.64. The van der Waals surface area contributed by atoms with Crippen molar-refractivity contribution < 1.29 is 22.4 Å². The molecule has 0 unspecified atom stereocenters. The Kier molecular flexibility index (Phi) is 4.86. The van der Waals surface area contributed by atoms with Gasteiger partial charge in [-0.05, 0) is 37.8 Å². The molecule has 2 aromatic heterocycles. The lowest BCUT2D eigenvalue weighted by molar-refractivity contribution is -0.152. The van der Waals surface area contributed by atoms with E-state index < -0.39 is 11.9 Å². The summed E-state index contributed by atoms with van der Waals surface area (Å²) in [6.45, 7) is 1.81. The molecule has 0 bridgehead atoms. The Morgan fingerprint density at radius 2 is 1.86 bits per heavy atom. The second-order valence-electron chi connectivity index (χ2n) is 6.97. The van der Waals surface area contributed by atoms with Crippen molar-refractivity contribution in [1.29, 1.82) is 0 Å². The number of alkyl halides is 3. The molecule has 5 nitrogen and oxygen atoms in total. The molecule has 0 fully saturated rings. The summed E-state index contributed by atoms with van der Waals surface area (Å²) in [5.74, 6) is -0.859. The minimum atomic E-state index is -4.62. The topological polar surface area (TPSA) is 68.0 Å². The monoisotopic (exact) mass is 401 g/mol. The fourth-order valence-electron chi connectivity index (χ4n) is 3.57. The number of carbonyl (C=O) groups is 1. The molecule has 8 heteroatoms. The van der Waals surface area contributed by atoms with Gasteiger partial charge in [0.15, 0.2) is 5.82 Å². The van der Waals surface area contributed by atoms with Crippen LogP contribution in [0.25, 0.3) is 11.3 Å². The first-order chi connectivity index (χ1) is 13.8. The molecule has 2 heterocycles. The summed E-state index contributed by atoms with van der Waals surface area (Å²) in [5, 5.41) is 2.62. The number of nitrogens with zero attached hydrogens (tertiary/aromatic N) is 2. The first kappa shape index (κ1) is 19.2. The van der Waals surface area contributed by atoms with E-state index in [1.54, 1.807) is 12.1 Å². The number of nitrogens with one attached hydrogen (secondary N) is 1. The molecule has 0 saturated heterocycles. The smallest absolute Gasteiger partial charge is 0.450 e. The molecule has 0 saturated carbocycles. The third-order valence-electron chi connectivity index (χ3n) is 4.97. The number of rotatable bonds is 3. The Morgan fingerprint density at radius 1 is 1.10 bits per heavy atom.